The normalized spacial score (nSPS) is 16.6. The van der Waals surface area contributed by atoms with E-state index in [4.69, 9.17) is 0 Å². The molecule has 0 unspecified atom stereocenters. The van der Waals surface area contributed by atoms with Gasteiger partial charge < -0.3 is 10.2 Å². The van der Waals surface area contributed by atoms with Gasteiger partial charge in [0.2, 0.25) is 5.91 Å². The fourth-order valence-corrected chi connectivity index (χ4v) is 3.11. The van der Waals surface area contributed by atoms with Gasteiger partial charge in [-0.1, -0.05) is 0 Å². The fraction of sp³-hybridized carbons (Fsp3) is 0.625. The van der Waals surface area contributed by atoms with Crippen LogP contribution in [-0.2, 0) is 11.8 Å². The summed E-state index contributed by atoms with van der Waals surface area (Å²) in [5, 5.41) is 8.21. The number of hydrogen-bond donors (Lipinski definition) is 1. The second kappa shape index (κ2) is 7.12. The third-order valence-electron chi connectivity index (χ3n) is 4.21. The zero-order valence-electron chi connectivity index (χ0n) is 14.6. The van der Waals surface area contributed by atoms with E-state index >= 15 is 0 Å². The highest BCUT2D eigenvalue weighted by atomic mass is 16.2. The van der Waals surface area contributed by atoms with Crippen LogP contribution >= 0.6 is 0 Å². The minimum absolute atomic E-state index is 0.0927. The number of aryl methyl sites for hydroxylation is 1. The van der Waals surface area contributed by atoms with E-state index in [2.05, 4.69) is 30.2 Å². The number of carbonyl (C=O) groups excluding carboxylic acids is 1. The molecule has 24 heavy (non-hydrogen) atoms. The minimum Gasteiger partial charge on any atom is -0.355 e. The first-order valence-corrected chi connectivity index (χ1v) is 8.44. The van der Waals surface area contributed by atoms with E-state index in [1.165, 1.54) is 0 Å². The Morgan fingerprint density at radius 3 is 2.88 bits per heavy atom. The van der Waals surface area contributed by atoms with Crippen molar-refractivity contribution in [2.45, 2.75) is 26.3 Å². The van der Waals surface area contributed by atoms with Crippen molar-refractivity contribution in [2.24, 2.45) is 7.05 Å². The summed E-state index contributed by atoms with van der Waals surface area (Å²) in [6, 6.07) is 0.181. The van der Waals surface area contributed by atoms with Crippen LogP contribution in [0, 0.1) is 0 Å². The third kappa shape index (κ3) is 3.64. The molecule has 130 valence electrons. The van der Waals surface area contributed by atoms with Gasteiger partial charge in [0.25, 0.3) is 0 Å². The average Bonchev–Trinajstić information content (AvgIpc) is 2.77. The zero-order chi connectivity index (χ0) is 17.1. The van der Waals surface area contributed by atoms with Gasteiger partial charge in [0.05, 0.1) is 18.1 Å². The molecule has 1 aliphatic heterocycles. The summed E-state index contributed by atoms with van der Waals surface area (Å²) in [6.07, 6.45) is 4.42. The van der Waals surface area contributed by atoms with Gasteiger partial charge in [-0.15, -0.1) is 0 Å². The lowest BCUT2D eigenvalue weighted by atomic mass is 10.3. The summed E-state index contributed by atoms with van der Waals surface area (Å²) < 4.78 is 1.76. The molecule has 1 aliphatic rings. The Kier molecular flexibility index (Phi) is 4.94. The molecular formula is C16H25N7O. The van der Waals surface area contributed by atoms with Crippen LogP contribution < -0.4 is 10.2 Å². The molecule has 0 aromatic carbocycles. The molecular weight excluding hydrogens is 306 g/mol. The van der Waals surface area contributed by atoms with Crippen molar-refractivity contribution in [3.05, 3.63) is 12.5 Å². The molecule has 0 atom stereocenters. The lowest BCUT2D eigenvalue weighted by Crippen LogP contribution is -2.41. The van der Waals surface area contributed by atoms with E-state index < -0.39 is 0 Å². The number of nitrogens with zero attached hydrogens (tertiary/aromatic N) is 6. The molecule has 3 rings (SSSR count). The van der Waals surface area contributed by atoms with Crippen LogP contribution in [0.4, 0.5) is 5.82 Å². The summed E-state index contributed by atoms with van der Waals surface area (Å²) in [5.74, 6) is 1.02. The highest BCUT2D eigenvalue weighted by molar-refractivity contribution is 5.86. The van der Waals surface area contributed by atoms with Gasteiger partial charge >= 0.3 is 0 Å². The van der Waals surface area contributed by atoms with E-state index in [0.29, 0.717) is 6.54 Å². The maximum atomic E-state index is 12.0. The summed E-state index contributed by atoms with van der Waals surface area (Å²) in [6.45, 7) is 7.95. The number of hydrogen-bond acceptors (Lipinski definition) is 6. The Bertz CT molecular complexity index is 712. The molecule has 0 radical (unpaired) electrons. The Hall–Kier alpha value is -2.22. The van der Waals surface area contributed by atoms with Gasteiger partial charge in [0, 0.05) is 39.3 Å². The molecule has 1 N–H and O–H groups in total. The molecule has 0 bridgehead atoms. The number of nitrogens with one attached hydrogen (secondary N) is 1. The molecule has 3 heterocycles. The van der Waals surface area contributed by atoms with Gasteiger partial charge in [0.15, 0.2) is 5.65 Å². The van der Waals surface area contributed by atoms with Crippen molar-refractivity contribution < 1.29 is 4.79 Å². The first kappa shape index (κ1) is 16.6. The van der Waals surface area contributed by atoms with Crippen LogP contribution in [0.3, 0.4) is 0 Å². The van der Waals surface area contributed by atoms with Gasteiger partial charge in [-0.2, -0.15) is 5.10 Å². The molecule has 0 spiro atoms. The standard InChI is InChI=1S/C16H25N7O/c1-12(2)20-14(24)10-22-5-4-6-23(8-7-22)16-13-9-19-21(3)15(13)17-11-18-16/h9,11-12H,4-8,10H2,1-3H3,(H,20,24). The molecule has 2 aromatic heterocycles. The van der Waals surface area contributed by atoms with Crippen molar-refractivity contribution in [2.75, 3.05) is 37.6 Å². The van der Waals surface area contributed by atoms with Gasteiger partial charge in [-0.3, -0.25) is 14.4 Å². The predicted octanol–water partition coefficient (Wildman–Crippen LogP) is 0.400. The van der Waals surface area contributed by atoms with Gasteiger partial charge in [-0.05, 0) is 20.3 Å². The van der Waals surface area contributed by atoms with Gasteiger partial charge in [-0.25, -0.2) is 9.97 Å². The molecule has 1 saturated heterocycles. The van der Waals surface area contributed by atoms with Crippen molar-refractivity contribution in [1.82, 2.24) is 30.0 Å². The summed E-state index contributed by atoms with van der Waals surface area (Å²) in [7, 11) is 1.89. The van der Waals surface area contributed by atoms with E-state index in [9.17, 15) is 4.79 Å². The Morgan fingerprint density at radius 1 is 1.25 bits per heavy atom. The van der Waals surface area contributed by atoms with Crippen LogP contribution in [0.15, 0.2) is 12.5 Å². The predicted molar refractivity (Wildman–Crippen MR) is 92.9 cm³/mol. The Labute approximate surface area is 141 Å². The summed E-state index contributed by atoms with van der Waals surface area (Å²) in [4.78, 5) is 25.2. The van der Waals surface area contributed by atoms with Crippen molar-refractivity contribution >= 4 is 22.8 Å². The number of fused-ring (bicyclic) bond motifs is 1. The number of aromatic nitrogens is 4. The highest BCUT2D eigenvalue weighted by Crippen LogP contribution is 2.23. The lowest BCUT2D eigenvalue weighted by Gasteiger charge is -2.23. The summed E-state index contributed by atoms with van der Waals surface area (Å²) in [5.41, 5.74) is 0.845. The monoisotopic (exact) mass is 331 g/mol. The van der Waals surface area contributed by atoms with Gasteiger partial charge in [0.1, 0.15) is 12.1 Å². The van der Waals surface area contributed by atoms with E-state index in [0.717, 1.165) is 49.5 Å². The van der Waals surface area contributed by atoms with Crippen molar-refractivity contribution in [3.63, 3.8) is 0 Å². The Balaban J connectivity index is 1.68. The third-order valence-corrected chi connectivity index (χ3v) is 4.21. The SMILES string of the molecule is CC(C)NC(=O)CN1CCCN(c2ncnc3c2cnn3C)CC1. The molecule has 8 nitrogen and oxygen atoms in total. The maximum absolute atomic E-state index is 12.0. The molecule has 1 amide bonds. The summed E-state index contributed by atoms with van der Waals surface area (Å²) >= 11 is 0. The minimum atomic E-state index is 0.0927. The first-order valence-electron chi connectivity index (χ1n) is 8.44. The maximum Gasteiger partial charge on any atom is 0.234 e. The quantitative estimate of drug-likeness (QED) is 0.874. The fourth-order valence-electron chi connectivity index (χ4n) is 3.11. The number of carbonyl (C=O) groups is 1. The van der Waals surface area contributed by atoms with Crippen molar-refractivity contribution in [1.29, 1.82) is 0 Å². The van der Waals surface area contributed by atoms with E-state index in [1.807, 2.05) is 27.1 Å². The average molecular weight is 331 g/mol. The van der Waals surface area contributed by atoms with Crippen LogP contribution in [-0.4, -0.2) is 69.3 Å². The van der Waals surface area contributed by atoms with Crippen molar-refractivity contribution in [3.8, 4) is 0 Å². The van der Waals surface area contributed by atoms with Crippen LogP contribution in [0.2, 0.25) is 0 Å². The molecule has 0 aliphatic carbocycles. The van der Waals surface area contributed by atoms with Crippen LogP contribution in [0.5, 0.6) is 0 Å². The first-order chi connectivity index (χ1) is 11.5. The lowest BCUT2D eigenvalue weighted by molar-refractivity contribution is -0.122. The molecule has 2 aromatic rings. The molecule has 0 saturated carbocycles. The smallest absolute Gasteiger partial charge is 0.234 e. The van der Waals surface area contributed by atoms with Crippen LogP contribution in [0.25, 0.3) is 11.0 Å². The topological polar surface area (TPSA) is 79.2 Å². The zero-order valence-corrected chi connectivity index (χ0v) is 14.6. The van der Waals surface area contributed by atoms with Crippen LogP contribution in [0.1, 0.15) is 20.3 Å². The Morgan fingerprint density at radius 2 is 2.08 bits per heavy atom. The second-order valence-electron chi connectivity index (χ2n) is 6.54. The largest absolute Gasteiger partial charge is 0.355 e. The molecule has 1 fully saturated rings. The van der Waals surface area contributed by atoms with E-state index in [1.54, 1.807) is 11.0 Å². The van der Waals surface area contributed by atoms with E-state index in [-0.39, 0.29) is 11.9 Å². The number of anilines is 1. The molecule has 8 heteroatoms. The number of rotatable bonds is 4. The second-order valence-corrected chi connectivity index (χ2v) is 6.54. The number of amides is 1. The highest BCUT2D eigenvalue weighted by Gasteiger charge is 2.20.